The fourth-order valence-electron chi connectivity index (χ4n) is 1.89. The van der Waals surface area contributed by atoms with Gasteiger partial charge in [0.2, 0.25) is 5.91 Å². The van der Waals surface area contributed by atoms with Crippen LogP contribution in [0.5, 0.6) is 0 Å². The number of aliphatic carboxylic acids is 1. The number of hydrogen-bond acceptors (Lipinski definition) is 3. The summed E-state index contributed by atoms with van der Waals surface area (Å²) in [5.41, 5.74) is 0.307. The van der Waals surface area contributed by atoms with Gasteiger partial charge in [-0.15, -0.1) is 12.4 Å². The molecule has 0 radical (unpaired) electrons. The average Bonchev–Trinajstić information content (AvgIpc) is 2.34. The molecule has 1 aromatic rings. The Morgan fingerprint density at radius 2 is 1.77 bits per heavy atom. The number of rotatable bonds is 8. The largest absolute Gasteiger partial charge is 0.480 e. The van der Waals surface area contributed by atoms with E-state index in [0.29, 0.717) is 12.1 Å². The van der Waals surface area contributed by atoms with Gasteiger partial charge in [-0.2, -0.15) is 0 Å². The first-order valence-corrected chi connectivity index (χ1v) is 6.56. The van der Waals surface area contributed by atoms with E-state index in [4.69, 9.17) is 5.11 Å². The standard InChI is InChI=1S/C14H18F2N2O3.ClH/c1-2-3-18(9-14(20)21)8-13(19)17-7-10-4-11(15)6-12(16)5-10;/h4-6H,2-3,7-9H2,1H3,(H,17,19)(H,20,21);1H. The zero-order valence-corrected chi connectivity index (χ0v) is 13.0. The van der Waals surface area contributed by atoms with Crippen LogP contribution >= 0.6 is 12.4 Å². The van der Waals surface area contributed by atoms with E-state index >= 15 is 0 Å². The van der Waals surface area contributed by atoms with Crippen molar-refractivity contribution in [3.05, 3.63) is 35.4 Å². The highest BCUT2D eigenvalue weighted by atomic mass is 35.5. The Balaban J connectivity index is 0.00000441. The molecule has 0 saturated carbocycles. The van der Waals surface area contributed by atoms with Crippen LogP contribution in [-0.4, -0.2) is 41.5 Å². The van der Waals surface area contributed by atoms with Gasteiger partial charge in [0.1, 0.15) is 11.6 Å². The van der Waals surface area contributed by atoms with Crippen LogP contribution < -0.4 is 5.32 Å². The molecule has 0 aromatic heterocycles. The number of carbonyl (C=O) groups excluding carboxylic acids is 1. The highest BCUT2D eigenvalue weighted by Gasteiger charge is 2.13. The van der Waals surface area contributed by atoms with E-state index in [9.17, 15) is 18.4 Å². The molecule has 0 unspecified atom stereocenters. The van der Waals surface area contributed by atoms with Gasteiger partial charge in [-0.1, -0.05) is 6.92 Å². The summed E-state index contributed by atoms with van der Waals surface area (Å²) in [6, 6.07) is 3.01. The minimum atomic E-state index is -1.01. The third-order valence-electron chi connectivity index (χ3n) is 2.68. The van der Waals surface area contributed by atoms with Crippen LogP contribution in [-0.2, 0) is 16.1 Å². The molecule has 0 atom stereocenters. The SMILES string of the molecule is CCCN(CC(=O)O)CC(=O)NCc1cc(F)cc(F)c1.Cl. The van der Waals surface area contributed by atoms with E-state index in [-0.39, 0.29) is 32.0 Å². The highest BCUT2D eigenvalue weighted by Crippen LogP contribution is 2.07. The summed E-state index contributed by atoms with van der Waals surface area (Å²) >= 11 is 0. The second-order valence-corrected chi connectivity index (χ2v) is 4.66. The normalized spacial score (nSPS) is 10.2. The first-order valence-electron chi connectivity index (χ1n) is 6.56. The number of carbonyl (C=O) groups is 2. The molecule has 1 amide bonds. The van der Waals surface area contributed by atoms with Crippen LogP contribution in [0.3, 0.4) is 0 Å². The molecule has 22 heavy (non-hydrogen) atoms. The van der Waals surface area contributed by atoms with Gasteiger partial charge >= 0.3 is 5.97 Å². The second-order valence-electron chi connectivity index (χ2n) is 4.66. The summed E-state index contributed by atoms with van der Waals surface area (Å²) in [6.07, 6.45) is 0.718. The van der Waals surface area contributed by atoms with E-state index in [1.165, 1.54) is 4.90 Å². The van der Waals surface area contributed by atoms with Crippen molar-refractivity contribution < 1.29 is 23.5 Å². The predicted octanol–water partition coefficient (Wildman–Crippen LogP) is 1.80. The quantitative estimate of drug-likeness (QED) is 0.759. The Morgan fingerprint density at radius 1 is 1.18 bits per heavy atom. The summed E-state index contributed by atoms with van der Waals surface area (Å²) in [7, 11) is 0. The molecule has 1 aromatic carbocycles. The Labute approximate surface area is 133 Å². The number of amides is 1. The van der Waals surface area contributed by atoms with E-state index in [1.54, 1.807) is 0 Å². The molecule has 1 rings (SSSR count). The smallest absolute Gasteiger partial charge is 0.317 e. The van der Waals surface area contributed by atoms with E-state index in [0.717, 1.165) is 24.6 Å². The Bertz CT molecular complexity index is 495. The second kappa shape index (κ2) is 10.1. The average molecular weight is 337 g/mol. The van der Waals surface area contributed by atoms with Crippen molar-refractivity contribution in [3.8, 4) is 0 Å². The van der Waals surface area contributed by atoms with Crippen LogP contribution in [0.2, 0.25) is 0 Å². The molecule has 2 N–H and O–H groups in total. The fraction of sp³-hybridized carbons (Fsp3) is 0.429. The van der Waals surface area contributed by atoms with Gasteiger partial charge in [-0.05, 0) is 30.7 Å². The molecule has 124 valence electrons. The van der Waals surface area contributed by atoms with Gasteiger partial charge in [-0.3, -0.25) is 14.5 Å². The van der Waals surface area contributed by atoms with Crippen molar-refractivity contribution in [1.82, 2.24) is 10.2 Å². The van der Waals surface area contributed by atoms with Crippen LogP contribution in [0.1, 0.15) is 18.9 Å². The molecule has 0 saturated heterocycles. The highest BCUT2D eigenvalue weighted by molar-refractivity contribution is 5.85. The van der Waals surface area contributed by atoms with Crippen molar-refractivity contribution in [2.45, 2.75) is 19.9 Å². The van der Waals surface area contributed by atoms with Crippen LogP contribution in [0.25, 0.3) is 0 Å². The fourth-order valence-corrected chi connectivity index (χ4v) is 1.89. The first-order chi connectivity index (χ1) is 9.90. The van der Waals surface area contributed by atoms with Crippen LogP contribution in [0, 0.1) is 11.6 Å². The maximum Gasteiger partial charge on any atom is 0.317 e. The number of nitrogens with zero attached hydrogens (tertiary/aromatic N) is 1. The van der Waals surface area contributed by atoms with Gasteiger partial charge < -0.3 is 10.4 Å². The number of carboxylic acid groups (broad SMARTS) is 1. The van der Waals surface area contributed by atoms with Crippen molar-refractivity contribution in [3.63, 3.8) is 0 Å². The van der Waals surface area contributed by atoms with Crippen LogP contribution in [0.4, 0.5) is 8.78 Å². The summed E-state index contributed by atoms with van der Waals surface area (Å²) in [6.45, 7) is 2.05. The van der Waals surface area contributed by atoms with Crippen molar-refractivity contribution in [2.75, 3.05) is 19.6 Å². The minimum absolute atomic E-state index is 0. The molecule has 0 bridgehead atoms. The van der Waals surface area contributed by atoms with Crippen molar-refractivity contribution >= 4 is 24.3 Å². The maximum absolute atomic E-state index is 13.0. The molecule has 0 heterocycles. The Hall–Kier alpha value is -1.73. The van der Waals surface area contributed by atoms with E-state index < -0.39 is 23.5 Å². The predicted molar refractivity (Wildman–Crippen MR) is 79.8 cm³/mol. The lowest BCUT2D eigenvalue weighted by Crippen LogP contribution is -2.40. The number of benzene rings is 1. The molecular formula is C14H19ClF2N2O3. The van der Waals surface area contributed by atoms with Gasteiger partial charge in [0.05, 0.1) is 13.1 Å². The van der Waals surface area contributed by atoms with Gasteiger partial charge in [0.25, 0.3) is 0 Å². The lowest BCUT2D eigenvalue weighted by atomic mass is 10.2. The lowest BCUT2D eigenvalue weighted by Gasteiger charge is -2.18. The number of hydrogen-bond donors (Lipinski definition) is 2. The van der Waals surface area contributed by atoms with Crippen molar-refractivity contribution in [1.29, 1.82) is 0 Å². The molecule has 0 aliphatic rings. The summed E-state index contributed by atoms with van der Waals surface area (Å²) < 4.78 is 26.0. The van der Waals surface area contributed by atoms with E-state index in [2.05, 4.69) is 5.32 Å². The molecular weight excluding hydrogens is 318 g/mol. The zero-order valence-electron chi connectivity index (χ0n) is 12.1. The third-order valence-corrected chi connectivity index (χ3v) is 2.68. The molecule has 0 aliphatic carbocycles. The topological polar surface area (TPSA) is 69.6 Å². The molecule has 5 nitrogen and oxygen atoms in total. The summed E-state index contributed by atoms with van der Waals surface area (Å²) in [5.74, 6) is -2.83. The lowest BCUT2D eigenvalue weighted by molar-refractivity contribution is -0.138. The van der Waals surface area contributed by atoms with Gasteiger partial charge in [0, 0.05) is 12.6 Å². The van der Waals surface area contributed by atoms with E-state index in [1.807, 2.05) is 6.92 Å². The third kappa shape index (κ3) is 7.90. The molecule has 8 heteroatoms. The first kappa shape index (κ1) is 20.3. The monoisotopic (exact) mass is 336 g/mol. The molecule has 0 fully saturated rings. The summed E-state index contributed by atoms with van der Waals surface area (Å²) in [4.78, 5) is 23.9. The minimum Gasteiger partial charge on any atom is -0.480 e. The van der Waals surface area contributed by atoms with Gasteiger partial charge in [0.15, 0.2) is 0 Å². The maximum atomic E-state index is 13.0. The van der Waals surface area contributed by atoms with Gasteiger partial charge in [-0.25, -0.2) is 8.78 Å². The van der Waals surface area contributed by atoms with Crippen LogP contribution in [0.15, 0.2) is 18.2 Å². The molecule has 0 spiro atoms. The Morgan fingerprint density at radius 3 is 2.27 bits per heavy atom. The van der Waals surface area contributed by atoms with Crippen molar-refractivity contribution in [2.24, 2.45) is 0 Å². The number of nitrogens with one attached hydrogen (secondary N) is 1. The Kier molecular flexibility index (Phi) is 9.28. The summed E-state index contributed by atoms with van der Waals surface area (Å²) in [5, 5.41) is 11.2. The zero-order chi connectivity index (χ0) is 15.8. The number of carboxylic acids is 1. The number of halogens is 3. The molecule has 0 aliphatic heterocycles.